The first-order valence-electron chi connectivity index (χ1n) is 6.81. The summed E-state index contributed by atoms with van der Waals surface area (Å²) in [7, 11) is 0. The highest BCUT2D eigenvalue weighted by molar-refractivity contribution is 7.11. The van der Waals surface area contributed by atoms with E-state index in [-0.39, 0.29) is 11.8 Å². The van der Waals surface area contributed by atoms with Crippen LogP contribution in [0, 0.1) is 13.8 Å². The van der Waals surface area contributed by atoms with Crippen molar-refractivity contribution in [3.63, 3.8) is 0 Å². The van der Waals surface area contributed by atoms with E-state index in [2.05, 4.69) is 15.6 Å². The molecule has 0 saturated carbocycles. The fourth-order valence-electron chi connectivity index (χ4n) is 2.22. The monoisotopic (exact) mass is 317 g/mol. The molecule has 2 amide bonds. The number of benzene rings is 1. The van der Waals surface area contributed by atoms with Gasteiger partial charge >= 0.3 is 0 Å². The Morgan fingerprint density at radius 3 is 2.86 bits per heavy atom. The highest BCUT2D eigenvalue weighted by Crippen LogP contribution is 2.32. The number of hydrogen-bond donors (Lipinski definition) is 2. The number of amides is 2. The SMILES string of the molecule is Cc1nc(C(=O)Nc2ccc3c(c2)NC(=O)[C@H](C)O3)c(C)s1. The minimum absolute atomic E-state index is 0.207. The Hall–Kier alpha value is -2.41. The molecule has 2 aromatic rings. The second-order valence-corrected chi connectivity index (χ2v) is 6.46. The van der Waals surface area contributed by atoms with Crippen molar-refractivity contribution in [3.05, 3.63) is 33.8 Å². The van der Waals surface area contributed by atoms with E-state index in [0.29, 0.717) is 22.8 Å². The molecule has 2 N–H and O–H groups in total. The van der Waals surface area contributed by atoms with Crippen molar-refractivity contribution in [3.8, 4) is 5.75 Å². The number of thiazole rings is 1. The van der Waals surface area contributed by atoms with Crippen LogP contribution < -0.4 is 15.4 Å². The number of ether oxygens (including phenoxy) is 1. The first-order chi connectivity index (χ1) is 10.4. The molecule has 0 radical (unpaired) electrons. The second kappa shape index (κ2) is 5.42. The average molecular weight is 317 g/mol. The molecule has 0 aliphatic carbocycles. The number of fused-ring (bicyclic) bond motifs is 1. The van der Waals surface area contributed by atoms with Gasteiger partial charge in [-0.05, 0) is 39.0 Å². The van der Waals surface area contributed by atoms with Gasteiger partial charge in [0.25, 0.3) is 11.8 Å². The lowest BCUT2D eigenvalue weighted by molar-refractivity contribution is -0.122. The van der Waals surface area contributed by atoms with Crippen molar-refractivity contribution < 1.29 is 14.3 Å². The van der Waals surface area contributed by atoms with E-state index in [4.69, 9.17) is 4.74 Å². The third kappa shape index (κ3) is 2.67. The second-order valence-electron chi connectivity index (χ2n) is 5.05. The van der Waals surface area contributed by atoms with Crippen LogP contribution in [0.3, 0.4) is 0 Å². The Balaban J connectivity index is 1.82. The topological polar surface area (TPSA) is 80.3 Å². The van der Waals surface area contributed by atoms with E-state index in [9.17, 15) is 9.59 Å². The largest absolute Gasteiger partial charge is 0.479 e. The molecule has 0 bridgehead atoms. The number of rotatable bonds is 2. The van der Waals surface area contributed by atoms with Gasteiger partial charge in [0.2, 0.25) is 0 Å². The minimum atomic E-state index is -0.520. The zero-order valence-corrected chi connectivity index (χ0v) is 13.2. The van der Waals surface area contributed by atoms with Gasteiger partial charge in [-0.15, -0.1) is 11.3 Å². The number of nitrogens with zero attached hydrogens (tertiary/aromatic N) is 1. The van der Waals surface area contributed by atoms with Gasteiger partial charge in [-0.25, -0.2) is 4.98 Å². The number of nitrogens with one attached hydrogen (secondary N) is 2. The number of carbonyl (C=O) groups is 2. The molecular weight excluding hydrogens is 302 g/mol. The smallest absolute Gasteiger partial charge is 0.275 e. The van der Waals surface area contributed by atoms with Crippen molar-refractivity contribution >= 4 is 34.5 Å². The van der Waals surface area contributed by atoms with Crippen LogP contribution in [0.25, 0.3) is 0 Å². The molecule has 1 aliphatic rings. The van der Waals surface area contributed by atoms with Gasteiger partial charge in [0.15, 0.2) is 6.10 Å². The Kier molecular flexibility index (Phi) is 3.58. The first kappa shape index (κ1) is 14.5. The summed E-state index contributed by atoms with van der Waals surface area (Å²) in [6.45, 7) is 5.41. The van der Waals surface area contributed by atoms with Crippen molar-refractivity contribution in [2.24, 2.45) is 0 Å². The molecule has 2 heterocycles. The Morgan fingerprint density at radius 2 is 2.18 bits per heavy atom. The molecule has 1 atom stereocenters. The summed E-state index contributed by atoms with van der Waals surface area (Å²) >= 11 is 1.48. The predicted octanol–water partition coefficient (Wildman–Crippen LogP) is 2.73. The van der Waals surface area contributed by atoms with Crippen LogP contribution in [0.15, 0.2) is 18.2 Å². The lowest BCUT2D eigenvalue weighted by Gasteiger charge is -2.23. The predicted molar refractivity (Wildman–Crippen MR) is 84.7 cm³/mol. The maximum Gasteiger partial charge on any atom is 0.275 e. The fourth-order valence-corrected chi connectivity index (χ4v) is 3.03. The quantitative estimate of drug-likeness (QED) is 0.892. The van der Waals surface area contributed by atoms with Crippen LogP contribution in [0.2, 0.25) is 0 Å². The average Bonchev–Trinajstić information content (AvgIpc) is 2.79. The zero-order valence-electron chi connectivity index (χ0n) is 12.4. The highest BCUT2D eigenvalue weighted by Gasteiger charge is 2.24. The van der Waals surface area contributed by atoms with E-state index in [0.717, 1.165) is 9.88 Å². The van der Waals surface area contributed by atoms with Gasteiger partial charge in [0.05, 0.1) is 10.7 Å². The summed E-state index contributed by atoms with van der Waals surface area (Å²) in [5.74, 6) is 0.117. The lowest BCUT2D eigenvalue weighted by Crippen LogP contribution is -2.34. The summed E-state index contributed by atoms with van der Waals surface area (Å²) in [6, 6.07) is 5.13. The Bertz CT molecular complexity index is 769. The van der Waals surface area contributed by atoms with Gasteiger partial charge in [-0.1, -0.05) is 0 Å². The van der Waals surface area contributed by atoms with Gasteiger partial charge in [0.1, 0.15) is 11.4 Å². The van der Waals surface area contributed by atoms with Crippen LogP contribution >= 0.6 is 11.3 Å². The van der Waals surface area contributed by atoms with Crippen LogP contribution in [-0.2, 0) is 4.79 Å². The van der Waals surface area contributed by atoms with E-state index in [1.807, 2.05) is 13.8 Å². The molecule has 0 unspecified atom stereocenters. The third-order valence-electron chi connectivity index (χ3n) is 3.29. The van der Waals surface area contributed by atoms with Gasteiger partial charge in [-0.2, -0.15) is 0 Å². The van der Waals surface area contributed by atoms with Gasteiger partial charge < -0.3 is 15.4 Å². The number of anilines is 2. The molecule has 7 heteroatoms. The maximum atomic E-state index is 12.2. The fraction of sp³-hybridized carbons (Fsp3) is 0.267. The van der Waals surface area contributed by atoms with Crippen molar-refractivity contribution in [1.29, 1.82) is 0 Å². The first-order valence-corrected chi connectivity index (χ1v) is 7.62. The van der Waals surface area contributed by atoms with E-state index >= 15 is 0 Å². The molecule has 0 saturated heterocycles. The van der Waals surface area contributed by atoms with Crippen LogP contribution in [0.4, 0.5) is 11.4 Å². The van der Waals surface area contributed by atoms with E-state index in [1.165, 1.54) is 11.3 Å². The molecule has 1 aliphatic heterocycles. The molecule has 0 fully saturated rings. The Morgan fingerprint density at radius 1 is 1.41 bits per heavy atom. The summed E-state index contributed by atoms with van der Waals surface area (Å²) in [6.07, 6.45) is -0.520. The molecule has 1 aromatic carbocycles. The number of hydrogen-bond acceptors (Lipinski definition) is 5. The lowest BCUT2D eigenvalue weighted by atomic mass is 10.2. The molecular formula is C15H15N3O3S. The van der Waals surface area contributed by atoms with Crippen molar-refractivity contribution in [2.45, 2.75) is 26.9 Å². The van der Waals surface area contributed by atoms with Crippen LogP contribution in [0.1, 0.15) is 27.3 Å². The van der Waals surface area contributed by atoms with Crippen LogP contribution in [0.5, 0.6) is 5.75 Å². The summed E-state index contributed by atoms with van der Waals surface area (Å²) in [5, 5.41) is 6.39. The third-order valence-corrected chi connectivity index (χ3v) is 4.17. The molecule has 6 nitrogen and oxygen atoms in total. The molecule has 0 spiro atoms. The summed E-state index contributed by atoms with van der Waals surface area (Å²) in [4.78, 5) is 29.0. The summed E-state index contributed by atoms with van der Waals surface area (Å²) in [5.41, 5.74) is 1.55. The standard InChI is InChI=1S/C15H15N3O3S/c1-7-14(19)18-11-6-10(4-5-12(11)21-7)17-15(20)13-8(2)22-9(3)16-13/h4-7H,1-3H3,(H,17,20)(H,18,19)/t7-/m0/s1. The number of carbonyl (C=O) groups excluding carboxylic acids is 2. The Labute approximate surface area is 131 Å². The zero-order chi connectivity index (χ0) is 15.9. The van der Waals surface area contributed by atoms with Crippen molar-refractivity contribution in [1.82, 2.24) is 4.98 Å². The molecule has 1 aromatic heterocycles. The normalized spacial score (nSPS) is 16.5. The number of aryl methyl sites for hydroxylation is 2. The maximum absolute atomic E-state index is 12.2. The number of aromatic nitrogens is 1. The van der Waals surface area contributed by atoms with Crippen molar-refractivity contribution in [2.75, 3.05) is 10.6 Å². The van der Waals surface area contributed by atoms with Gasteiger partial charge in [-0.3, -0.25) is 9.59 Å². The van der Waals surface area contributed by atoms with Gasteiger partial charge in [0, 0.05) is 10.6 Å². The molecule has 114 valence electrons. The van der Waals surface area contributed by atoms with E-state index < -0.39 is 6.10 Å². The summed E-state index contributed by atoms with van der Waals surface area (Å²) < 4.78 is 5.48. The molecule has 22 heavy (non-hydrogen) atoms. The van der Waals surface area contributed by atoms with E-state index in [1.54, 1.807) is 25.1 Å². The highest BCUT2D eigenvalue weighted by atomic mass is 32.1. The molecule has 3 rings (SSSR count). The minimum Gasteiger partial charge on any atom is -0.479 e. The van der Waals surface area contributed by atoms with Crippen LogP contribution in [-0.4, -0.2) is 22.9 Å².